The summed E-state index contributed by atoms with van der Waals surface area (Å²) in [5, 5.41) is 19.1. The standard InChI is InChI=1S/C8H8N2O4.ClH/c9-4-6-2-1-5(8(11)12)3-7(6)10(13)14;/h1-3H,4,9H2,(H,11,12);1H. The first-order chi connectivity index (χ1) is 6.56. The molecule has 3 N–H and O–H groups in total. The number of hydrogen-bond donors (Lipinski definition) is 2. The van der Waals surface area contributed by atoms with E-state index < -0.39 is 10.9 Å². The van der Waals surface area contributed by atoms with Gasteiger partial charge in [0.05, 0.1) is 10.5 Å². The van der Waals surface area contributed by atoms with E-state index in [4.69, 9.17) is 10.8 Å². The maximum Gasteiger partial charge on any atom is 0.335 e. The van der Waals surface area contributed by atoms with Crippen molar-refractivity contribution < 1.29 is 14.8 Å². The van der Waals surface area contributed by atoms with Crippen LogP contribution in [0.2, 0.25) is 0 Å². The van der Waals surface area contributed by atoms with Crippen LogP contribution in [0.1, 0.15) is 15.9 Å². The van der Waals surface area contributed by atoms with Crippen molar-refractivity contribution in [3.63, 3.8) is 0 Å². The Balaban J connectivity index is 0.00000196. The van der Waals surface area contributed by atoms with Crippen LogP contribution in [-0.4, -0.2) is 16.0 Å². The first-order valence-corrected chi connectivity index (χ1v) is 3.77. The number of carboxylic acid groups (broad SMARTS) is 1. The molecule has 0 unspecified atom stereocenters. The molecule has 7 heteroatoms. The van der Waals surface area contributed by atoms with Gasteiger partial charge >= 0.3 is 5.97 Å². The van der Waals surface area contributed by atoms with E-state index in [2.05, 4.69) is 0 Å². The van der Waals surface area contributed by atoms with Gasteiger partial charge in [-0.25, -0.2) is 4.79 Å². The van der Waals surface area contributed by atoms with Crippen molar-refractivity contribution in [2.45, 2.75) is 6.54 Å². The molecule has 0 aliphatic carbocycles. The van der Waals surface area contributed by atoms with Crippen LogP contribution < -0.4 is 5.73 Å². The van der Waals surface area contributed by atoms with Crippen LogP contribution in [0, 0.1) is 10.1 Å². The summed E-state index contributed by atoms with van der Waals surface area (Å²) in [7, 11) is 0. The Labute approximate surface area is 91.3 Å². The molecule has 0 aliphatic heterocycles. The van der Waals surface area contributed by atoms with Crippen molar-refractivity contribution in [1.29, 1.82) is 0 Å². The number of carboxylic acids is 1. The van der Waals surface area contributed by atoms with Crippen molar-refractivity contribution in [2.24, 2.45) is 5.73 Å². The van der Waals surface area contributed by atoms with Crippen LogP contribution >= 0.6 is 12.4 Å². The Morgan fingerprint density at radius 3 is 2.53 bits per heavy atom. The smallest absolute Gasteiger partial charge is 0.335 e. The fraction of sp³-hybridized carbons (Fsp3) is 0.125. The number of carbonyl (C=O) groups is 1. The monoisotopic (exact) mass is 232 g/mol. The number of nitrogens with zero attached hydrogens (tertiary/aromatic N) is 1. The minimum atomic E-state index is -1.20. The normalized spacial score (nSPS) is 9.13. The molecule has 82 valence electrons. The van der Waals surface area contributed by atoms with E-state index in [1.807, 2.05) is 0 Å². The lowest BCUT2D eigenvalue weighted by Gasteiger charge is -2.00. The van der Waals surface area contributed by atoms with E-state index in [0.717, 1.165) is 6.07 Å². The molecule has 0 saturated heterocycles. The van der Waals surface area contributed by atoms with Crippen molar-refractivity contribution in [1.82, 2.24) is 0 Å². The van der Waals surface area contributed by atoms with E-state index in [-0.39, 0.29) is 30.2 Å². The minimum absolute atomic E-state index is 0. The van der Waals surface area contributed by atoms with Crippen LogP contribution in [0.15, 0.2) is 18.2 Å². The Kier molecular flexibility index (Phi) is 4.69. The second-order valence-corrected chi connectivity index (χ2v) is 2.61. The summed E-state index contributed by atoms with van der Waals surface area (Å²) in [4.78, 5) is 20.4. The van der Waals surface area contributed by atoms with Crippen molar-refractivity contribution in [3.05, 3.63) is 39.4 Å². The van der Waals surface area contributed by atoms with Gasteiger partial charge in [-0.3, -0.25) is 10.1 Å². The minimum Gasteiger partial charge on any atom is -0.478 e. The van der Waals surface area contributed by atoms with Crippen LogP contribution in [0.25, 0.3) is 0 Å². The van der Waals surface area contributed by atoms with Gasteiger partial charge < -0.3 is 10.8 Å². The molecule has 1 rings (SSSR count). The van der Waals surface area contributed by atoms with Gasteiger partial charge in [0.15, 0.2) is 0 Å². The van der Waals surface area contributed by atoms with Gasteiger partial charge in [-0.15, -0.1) is 12.4 Å². The van der Waals surface area contributed by atoms with E-state index in [1.165, 1.54) is 12.1 Å². The Hall–Kier alpha value is -1.66. The molecule has 15 heavy (non-hydrogen) atoms. The highest BCUT2D eigenvalue weighted by Crippen LogP contribution is 2.19. The number of benzene rings is 1. The number of hydrogen-bond acceptors (Lipinski definition) is 4. The molecule has 0 atom stereocenters. The van der Waals surface area contributed by atoms with Gasteiger partial charge in [0, 0.05) is 18.2 Å². The Morgan fingerprint density at radius 2 is 2.13 bits per heavy atom. The summed E-state index contributed by atoms with van der Waals surface area (Å²) in [5.74, 6) is -1.20. The summed E-state index contributed by atoms with van der Waals surface area (Å²) >= 11 is 0. The quantitative estimate of drug-likeness (QED) is 0.601. The summed E-state index contributed by atoms with van der Waals surface area (Å²) in [6, 6.07) is 3.64. The fourth-order valence-electron chi connectivity index (χ4n) is 1.04. The third-order valence-corrected chi connectivity index (χ3v) is 1.75. The van der Waals surface area contributed by atoms with Crippen LogP contribution in [0.4, 0.5) is 5.69 Å². The predicted molar refractivity (Wildman–Crippen MR) is 55.2 cm³/mol. The summed E-state index contributed by atoms with van der Waals surface area (Å²) < 4.78 is 0. The van der Waals surface area contributed by atoms with Crippen molar-refractivity contribution in [3.8, 4) is 0 Å². The molecule has 1 aromatic carbocycles. The Bertz CT molecular complexity index is 394. The molecule has 0 aromatic heterocycles. The molecule has 0 saturated carbocycles. The number of nitro benzene ring substituents is 1. The Morgan fingerprint density at radius 1 is 1.53 bits per heavy atom. The topological polar surface area (TPSA) is 106 Å². The van der Waals surface area contributed by atoms with Gasteiger partial charge in [0.2, 0.25) is 0 Å². The zero-order chi connectivity index (χ0) is 10.7. The van der Waals surface area contributed by atoms with E-state index in [0.29, 0.717) is 5.56 Å². The van der Waals surface area contributed by atoms with E-state index >= 15 is 0 Å². The second-order valence-electron chi connectivity index (χ2n) is 2.61. The molecule has 1 aromatic rings. The average molecular weight is 233 g/mol. The van der Waals surface area contributed by atoms with Crippen LogP contribution in [0.3, 0.4) is 0 Å². The maximum atomic E-state index is 10.5. The number of aromatic carboxylic acids is 1. The predicted octanol–water partition coefficient (Wildman–Crippen LogP) is 1.17. The van der Waals surface area contributed by atoms with Gasteiger partial charge in [0.25, 0.3) is 5.69 Å². The number of halogens is 1. The molecule has 0 radical (unpaired) electrons. The zero-order valence-corrected chi connectivity index (χ0v) is 8.36. The molecule has 6 nitrogen and oxygen atoms in total. The molecule has 0 aliphatic rings. The summed E-state index contributed by atoms with van der Waals surface area (Å²) in [6.45, 7) is 0.0101. The van der Waals surface area contributed by atoms with Gasteiger partial charge in [-0.2, -0.15) is 0 Å². The fourth-order valence-corrected chi connectivity index (χ4v) is 1.04. The van der Waals surface area contributed by atoms with E-state index in [1.54, 1.807) is 0 Å². The lowest BCUT2D eigenvalue weighted by atomic mass is 10.1. The molecule has 0 heterocycles. The average Bonchev–Trinajstić information content (AvgIpc) is 2.16. The third-order valence-electron chi connectivity index (χ3n) is 1.75. The highest BCUT2D eigenvalue weighted by molar-refractivity contribution is 5.88. The maximum absolute atomic E-state index is 10.5. The molecule has 0 spiro atoms. The van der Waals surface area contributed by atoms with Crippen LogP contribution in [0.5, 0.6) is 0 Å². The lowest BCUT2D eigenvalue weighted by Crippen LogP contribution is -2.04. The largest absolute Gasteiger partial charge is 0.478 e. The molecule has 0 amide bonds. The van der Waals surface area contributed by atoms with Crippen molar-refractivity contribution >= 4 is 24.1 Å². The SMILES string of the molecule is Cl.NCc1ccc(C(=O)O)cc1[N+](=O)[O-]. The van der Waals surface area contributed by atoms with E-state index in [9.17, 15) is 14.9 Å². The van der Waals surface area contributed by atoms with Gasteiger partial charge in [0.1, 0.15) is 0 Å². The molecule has 0 fully saturated rings. The zero-order valence-electron chi connectivity index (χ0n) is 7.54. The number of rotatable bonds is 3. The molecular formula is C8H9ClN2O4. The highest BCUT2D eigenvalue weighted by Gasteiger charge is 2.15. The third kappa shape index (κ3) is 2.90. The first kappa shape index (κ1) is 13.3. The number of nitrogens with two attached hydrogens (primary N) is 1. The lowest BCUT2D eigenvalue weighted by molar-refractivity contribution is -0.385. The molecular weight excluding hydrogens is 224 g/mol. The first-order valence-electron chi connectivity index (χ1n) is 3.77. The van der Waals surface area contributed by atoms with Crippen LogP contribution in [-0.2, 0) is 6.54 Å². The number of nitro groups is 1. The van der Waals surface area contributed by atoms with Gasteiger partial charge in [-0.1, -0.05) is 6.07 Å². The van der Waals surface area contributed by atoms with Crippen molar-refractivity contribution in [2.75, 3.05) is 0 Å². The summed E-state index contributed by atoms with van der Waals surface area (Å²) in [5.41, 5.74) is 5.21. The second kappa shape index (κ2) is 5.28. The summed E-state index contributed by atoms with van der Waals surface area (Å²) in [6.07, 6.45) is 0. The molecule has 0 bridgehead atoms. The highest BCUT2D eigenvalue weighted by atomic mass is 35.5. The van der Waals surface area contributed by atoms with Gasteiger partial charge in [-0.05, 0) is 6.07 Å².